The maximum Gasteiger partial charge on any atom is 0.337 e. The number of carboxylic acid groups (broad SMARTS) is 1. The minimum absolute atomic E-state index is 0.0841. The van der Waals surface area contributed by atoms with E-state index >= 15 is 0 Å². The molecule has 0 aliphatic heterocycles. The Hall–Kier alpha value is -2.38. The van der Waals surface area contributed by atoms with E-state index in [0.717, 1.165) is 18.3 Å². The van der Waals surface area contributed by atoms with E-state index in [1.165, 1.54) is 12.1 Å². The molecule has 1 aromatic carbocycles. The molecule has 1 aromatic heterocycles. The topological polar surface area (TPSA) is 103 Å². The van der Waals surface area contributed by atoms with Gasteiger partial charge in [0.15, 0.2) is 0 Å². The molecule has 0 fully saturated rings. The normalized spacial score (nSPS) is 10.2. The summed E-state index contributed by atoms with van der Waals surface area (Å²) in [5.74, 6) is -1.46. The fourth-order valence-electron chi connectivity index (χ4n) is 1.44. The predicted octanol–water partition coefficient (Wildman–Crippen LogP) is 3.79. The van der Waals surface area contributed by atoms with Crippen molar-refractivity contribution in [3.05, 3.63) is 56.2 Å². The zero-order chi connectivity index (χ0) is 15.6. The average molecular weight is 329 g/mol. The van der Waals surface area contributed by atoms with E-state index in [9.17, 15) is 14.9 Å². The summed E-state index contributed by atoms with van der Waals surface area (Å²) in [5.41, 5.74) is -0.486. The molecule has 7 nitrogen and oxygen atoms in total. The standard InChI is InChI=1S/C12H6Cl2N2O5/c13-7-1-2-10(9(4-7)16(19)20)21-11-8(14)3-6(5-15-11)12(17)18/h1-5H,(H,17,18). The Bertz CT molecular complexity index is 736. The second-order valence-electron chi connectivity index (χ2n) is 3.79. The van der Waals surface area contributed by atoms with Crippen LogP contribution in [0.1, 0.15) is 10.4 Å². The number of aromatic carboxylic acids is 1. The fourth-order valence-corrected chi connectivity index (χ4v) is 1.81. The summed E-state index contributed by atoms with van der Waals surface area (Å²) in [4.78, 5) is 24.7. The molecule has 0 amide bonds. The molecule has 0 aliphatic rings. The van der Waals surface area contributed by atoms with Crippen LogP contribution in [0.5, 0.6) is 11.6 Å². The van der Waals surface area contributed by atoms with Crippen LogP contribution in [0.4, 0.5) is 5.69 Å². The van der Waals surface area contributed by atoms with Crippen LogP contribution >= 0.6 is 23.2 Å². The molecule has 0 unspecified atom stereocenters. The third-order valence-electron chi connectivity index (χ3n) is 2.38. The lowest BCUT2D eigenvalue weighted by Gasteiger charge is -2.07. The highest BCUT2D eigenvalue weighted by molar-refractivity contribution is 6.32. The molecule has 0 atom stereocenters. The Labute approximate surface area is 127 Å². The quantitative estimate of drug-likeness (QED) is 0.676. The molecule has 9 heteroatoms. The molecule has 1 heterocycles. The summed E-state index contributed by atoms with van der Waals surface area (Å²) in [6.45, 7) is 0. The highest BCUT2D eigenvalue weighted by Crippen LogP contribution is 2.35. The van der Waals surface area contributed by atoms with Gasteiger partial charge in [0.05, 0.1) is 10.5 Å². The number of ether oxygens (including phenoxy) is 1. The largest absolute Gasteiger partial charge is 0.478 e. The highest BCUT2D eigenvalue weighted by atomic mass is 35.5. The third-order valence-corrected chi connectivity index (χ3v) is 2.88. The lowest BCUT2D eigenvalue weighted by molar-refractivity contribution is -0.385. The predicted molar refractivity (Wildman–Crippen MR) is 74.4 cm³/mol. The van der Waals surface area contributed by atoms with Gasteiger partial charge >= 0.3 is 11.7 Å². The van der Waals surface area contributed by atoms with Gasteiger partial charge in [-0.1, -0.05) is 23.2 Å². The summed E-state index contributed by atoms with van der Waals surface area (Å²) in [7, 11) is 0. The molecule has 2 aromatic rings. The molecular formula is C12H6Cl2N2O5. The van der Waals surface area contributed by atoms with Crippen molar-refractivity contribution < 1.29 is 19.6 Å². The minimum Gasteiger partial charge on any atom is -0.478 e. The summed E-state index contributed by atoms with van der Waals surface area (Å²) >= 11 is 11.5. The lowest BCUT2D eigenvalue weighted by Crippen LogP contribution is -1.99. The summed E-state index contributed by atoms with van der Waals surface area (Å²) in [6.07, 6.45) is 1.03. The van der Waals surface area contributed by atoms with Crippen LogP contribution in [0.3, 0.4) is 0 Å². The number of halogens is 2. The molecule has 108 valence electrons. The zero-order valence-electron chi connectivity index (χ0n) is 10.1. The SMILES string of the molecule is O=C(O)c1cnc(Oc2ccc(Cl)cc2[N+](=O)[O-])c(Cl)c1. The van der Waals surface area contributed by atoms with Crippen molar-refractivity contribution in [3.63, 3.8) is 0 Å². The van der Waals surface area contributed by atoms with E-state index < -0.39 is 10.9 Å². The van der Waals surface area contributed by atoms with Gasteiger partial charge in [0.25, 0.3) is 0 Å². The van der Waals surface area contributed by atoms with Crippen molar-refractivity contribution in [1.29, 1.82) is 0 Å². The first kappa shape index (κ1) is 15.0. The molecular weight excluding hydrogens is 323 g/mol. The van der Waals surface area contributed by atoms with Gasteiger partial charge in [0.2, 0.25) is 11.6 Å². The number of carbonyl (C=O) groups is 1. The van der Waals surface area contributed by atoms with Crippen LogP contribution in [-0.2, 0) is 0 Å². The molecule has 0 spiro atoms. The number of benzene rings is 1. The zero-order valence-corrected chi connectivity index (χ0v) is 11.6. The minimum atomic E-state index is -1.20. The first-order valence-electron chi connectivity index (χ1n) is 5.39. The van der Waals surface area contributed by atoms with Crippen molar-refractivity contribution in [3.8, 4) is 11.6 Å². The Morgan fingerprint density at radius 2 is 2.05 bits per heavy atom. The molecule has 0 saturated heterocycles. The number of nitrogens with zero attached hydrogens (tertiary/aromatic N) is 2. The Kier molecular flexibility index (Phi) is 4.25. The van der Waals surface area contributed by atoms with E-state index in [0.29, 0.717) is 0 Å². The molecule has 0 radical (unpaired) electrons. The van der Waals surface area contributed by atoms with E-state index in [-0.39, 0.29) is 32.9 Å². The van der Waals surface area contributed by atoms with E-state index in [1.54, 1.807) is 0 Å². The second-order valence-corrected chi connectivity index (χ2v) is 4.63. The smallest absolute Gasteiger partial charge is 0.337 e. The van der Waals surface area contributed by atoms with Gasteiger partial charge in [-0.05, 0) is 18.2 Å². The van der Waals surface area contributed by atoms with Crippen molar-refractivity contribution in [2.45, 2.75) is 0 Å². The molecule has 0 aliphatic carbocycles. The van der Waals surface area contributed by atoms with Gasteiger partial charge < -0.3 is 9.84 Å². The molecule has 0 bridgehead atoms. The number of rotatable bonds is 4. The molecule has 0 saturated carbocycles. The lowest BCUT2D eigenvalue weighted by atomic mass is 10.3. The van der Waals surface area contributed by atoms with Crippen LogP contribution < -0.4 is 4.74 Å². The van der Waals surface area contributed by atoms with E-state index in [2.05, 4.69) is 4.98 Å². The molecule has 1 N–H and O–H groups in total. The second kappa shape index (κ2) is 5.94. The molecule has 2 rings (SSSR count). The fraction of sp³-hybridized carbons (Fsp3) is 0. The van der Waals surface area contributed by atoms with Crippen LogP contribution in [0, 0.1) is 10.1 Å². The van der Waals surface area contributed by atoms with Gasteiger partial charge in [-0.25, -0.2) is 9.78 Å². The Morgan fingerprint density at radius 1 is 1.33 bits per heavy atom. The highest BCUT2D eigenvalue weighted by Gasteiger charge is 2.18. The Morgan fingerprint density at radius 3 is 2.62 bits per heavy atom. The number of carboxylic acids is 1. The monoisotopic (exact) mass is 328 g/mol. The van der Waals surface area contributed by atoms with Gasteiger partial charge in [-0.3, -0.25) is 10.1 Å². The summed E-state index contributed by atoms with van der Waals surface area (Å²) in [5, 5.41) is 19.8. The number of hydrogen-bond donors (Lipinski definition) is 1. The van der Waals surface area contributed by atoms with Crippen molar-refractivity contribution >= 4 is 34.9 Å². The van der Waals surface area contributed by atoms with Crippen molar-refractivity contribution in [2.24, 2.45) is 0 Å². The first-order valence-corrected chi connectivity index (χ1v) is 6.14. The van der Waals surface area contributed by atoms with Crippen LogP contribution in [0.25, 0.3) is 0 Å². The summed E-state index contributed by atoms with van der Waals surface area (Å²) in [6, 6.07) is 4.96. The Balaban J connectivity index is 2.39. The summed E-state index contributed by atoms with van der Waals surface area (Å²) < 4.78 is 5.26. The molecule has 21 heavy (non-hydrogen) atoms. The van der Waals surface area contributed by atoms with Gasteiger partial charge in [0.1, 0.15) is 5.02 Å². The van der Waals surface area contributed by atoms with Crippen molar-refractivity contribution in [1.82, 2.24) is 4.98 Å². The maximum absolute atomic E-state index is 10.9. The first-order chi connectivity index (χ1) is 9.88. The van der Waals surface area contributed by atoms with E-state index in [1.807, 2.05) is 0 Å². The van der Waals surface area contributed by atoms with E-state index in [4.69, 9.17) is 33.0 Å². The van der Waals surface area contributed by atoms with Gasteiger partial charge in [-0.15, -0.1) is 0 Å². The number of aromatic nitrogens is 1. The third kappa shape index (κ3) is 3.39. The average Bonchev–Trinajstić information content (AvgIpc) is 2.42. The number of nitro benzene ring substituents is 1. The van der Waals surface area contributed by atoms with Crippen LogP contribution in [-0.4, -0.2) is 21.0 Å². The number of nitro groups is 1. The number of pyridine rings is 1. The van der Waals surface area contributed by atoms with Crippen LogP contribution in [0.15, 0.2) is 30.5 Å². The van der Waals surface area contributed by atoms with Gasteiger partial charge in [-0.2, -0.15) is 0 Å². The van der Waals surface area contributed by atoms with Crippen molar-refractivity contribution in [2.75, 3.05) is 0 Å². The van der Waals surface area contributed by atoms with Gasteiger partial charge in [0, 0.05) is 17.3 Å². The number of hydrogen-bond acceptors (Lipinski definition) is 5. The van der Waals surface area contributed by atoms with Crippen LogP contribution in [0.2, 0.25) is 10.0 Å². The maximum atomic E-state index is 10.9.